The summed E-state index contributed by atoms with van der Waals surface area (Å²) in [5.74, 6) is -0.745. The Labute approximate surface area is 124 Å². The fourth-order valence-corrected chi connectivity index (χ4v) is 3.09. The number of carbonyl (C=O) groups excluding carboxylic acids is 2. The van der Waals surface area contributed by atoms with Crippen LogP contribution in [-0.4, -0.2) is 41.2 Å². The average Bonchev–Trinajstić information content (AvgIpc) is 2.78. The number of allylic oxidation sites excluding steroid dienone is 1. The lowest BCUT2D eigenvalue weighted by Gasteiger charge is -2.25. The number of nitrogens with zero attached hydrogens (tertiary/aromatic N) is 1. The maximum Gasteiger partial charge on any atom is 0.201 e. The van der Waals surface area contributed by atoms with E-state index < -0.39 is 0 Å². The standard InChI is InChI=1S/C17H19NO3/c19-14(8-11-18-9-4-1-5-10-18)15-16(20)12-6-2-3-7-13(12)17(15)21/h2-3,6-7,20H,1,4-5,8-11H2. The molecule has 1 aliphatic carbocycles. The lowest BCUT2D eigenvalue weighted by molar-refractivity contribution is -0.115. The van der Waals surface area contributed by atoms with Crippen molar-refractivity contribution in [1.29, 1.82) is 0 Å². The summed E-state index contributed by atoms with van der Waals surface area (Å²) in [6.45, 7) is 2.71. The molecule has 21 heavy (non-hydrogen) atoms. The van der Waals surface area contributed by atoms with Crippen molar-refractivity contribution < 1.29 is 14.7 Å². The van der Waals surface area contributed by atoms with Gasteiger partial charge in [-0.1, -0.05) is 30.7 Å². The zero-order valence-corrected chi connectivity index (χ0v) is 12.0. The number of aliphatic hydroxyl groups excluding tert-OH is 1. The van der Waals surface area contributed by atoms with E-state index >= 15 is 0 Å². The Balaban J connectivity index is 1.70. The summed E-state index contributed by atoms with van der Waals surface area (Å²) in [6, 6.07) is 6.82. The number of fused-ring (bicyclic) bond motifs is 1. The molecule has 0 saturated carbocycles. The van der Waals surface area contributed by atoms with Gasteiger partial charge < -0.3 is 10.0 Å². The van der Waals surface area contributed by atoms with E-state index in [1.807, 2.05) is 0 Å². The molecule has 1 saturated heterocycles. The van der Waals surface area contributed by atoms with Gasteiger partial charge >= 0.3 is 0 Å². The highest BCUT2D eigenvalue weighted by Crippen LogP contribution is 2.31. The quantitative estimate of drug-likeness (QED) is 0.864. The first kappa shape index (κ1) is 14.0. The summed E-state index contributed by atoms with van der Waals surface area (Å²) < 4.78 is 0. The third-order valence-corrected chi connectivity index (χ3v) is 4.27. The molecule has 0 amide bonds. The Hall–Kier alpha value is -1.94. The molecule has 0 aromatic heterocycles. The van der Waals surface area contributed by atoms with Crippen LogP contribution in [0.15, 0.2) is 29.8 Å². The topological polar surface area (TPSA) is 57.6 Å². The molecule has 0 spiro atoms. The third-order valence-electron chi connectivity index (χ3n) is 4.27. The van der Waals surface area contributed by atoms with Gasteiger partial charge in [-0.2, -0.15) is 0 Å². The molecule has 1 aromatic carbocycles. The van der Waals surface area contributed by atoms with Crippen LogP contribution in [0, 0.1) is 0 Å². The lowest BCUT2D eigenvalue weighted by Crippen LogP contribution is -2.32. The molecule has 4 nitrogen and oxygen atoms in total. The summed E-state index contributed by atoms with van der Waals surface area (Å²) in [5.41, 5.74) is 0.869. The molecular weight excluding hydrogens is 266 g/mol. The fourth-order valence-electron chi connectivity index (χ4n) is 3.09. The van der Waals surface area contributed by atoms with Gasteiger partial charge in [-0.05, 0) is 25.9 Å². The Morgan fingerprint density at radius 2 is 1.76 bits per heavy atom. The molecule has 0 unspecified atom stereocenters. The molecule has 1 aliphatic heterocycles. The largest absolute Gasteiger partial charge is 0.506 e. The Bertz CT molecular complexity index is 612. The van der Waals surface area contributed by atoms with Crippen LogP contribution in [-0.2, 0) is 4.79 Å². The first-order valence-electron chi connectivity index (χ1n) is 7.51. The maximum atomic E-state index is 12.3. The molecule has 0 atom stereocenters. The molecule has 0 radical (unpaired) electrons. The van der Waals surface area contributed by atoms with Crippen LogP contribution < -0.4 is 0 Å². The molecule has 1 N–H and O–H groups in total. The number of likely N-dealkylation sites (tertiary alicyclic amines) is 1. The highest BCUT2D eigenvalue weighted by Gasteiger charge is 2.33. The number of rotatable bonds is 4. The van der Waals surface area contributed by atoms with Crippen LogP contribution in [0.25, 0.3) is 5.76 Å². The number of benzene rings is 1. The van der Waals surface area contributed by atoms with Gasteiger partial charge in [0, 0.05) is 24.1 Å². The van der Waals surface area contributed by atoms with Gasteiger partial charge in [-0.25, -0.2) is 0 Å². The van der Waals surface area contributed by atoms with Gasteiger partial charge in [0.25, 0.3) is 0 Å². The van der Waals surface area contributed by atoms with Crippen molar-refractivity contribution in [2.75, 3.05) is 19.6 Å². The SMILES string of the molecule is O=C(CCN1CCCCC1)C1=C(O)c2ccccc2C1=O. The fraction of sp³-hybridized carbons (Fsp3) is 0.412. The first-order chi connectivity index (χ1) is 10.2. The van der Waals surface area contributed by atoms with Crippen molar-refractivity contribution in [3.05, 3.63) is 41.0 Å². The Morgan fingerprint density at radius 1 is 1.10 bits per heavy atom. The number of Topliss-reactive ketones (excluding diaryl/α,β-unsaturated/α-hetero) is 2. The monoisotopic (exact) mass is 285 g/mol. The summed E-state index contributed by atoms with van der Waals surface area (Å²) in [4.78, 5) is 26.8. The van der Waals surface area contributed by atoms with E-state index in [9.17, 15) is 14.7 Å². The average molecular weight is 285 g/mol. The van der Waals surface area contributed by atoms with E-state index in [1.54, 1.807) is 24.3 Å². The van der Waals surface area contributed by atoms with E-state index in [2.05, 4.69) is 4.90 Å². The van der Waals surface area contributed by atoms with Crippen molar-refractivity contribution in [3.63, 3.8) is 0 Å². The first-order valence-corrected chi connectivity index (χ1v) is 7.51. The van der Waals surface area contributed by atoms with Crippen molar-refractivity contribution in [3.8, 4) is 0 Å². The molecule has 110 valence electrons. The molecule has 1 fully saturated rings. The predicted molar refractivity (Wildman–Crippen MR) is 80.2 cm³/mol. The maximum absolute atomic E-state index is 12.3. The summed E-state index contributed by atoms with van der Waals surface area (Å²) in [5, 5.41) is 10.1. The van der Waals surface area contributed by atoms with E-state index in [0.29, 0.717) is 24.1 Å². The van der Waals surface area contributed by atoms with Crippen molar-refractivity contribution in [2.45, 2.75) is 25.7 Å². The van der Waals surface area contributed by atoms with Gasteiger partial charge in [0.05, 0.1) is 0 Å². The molecule has 1 heterocycles. The van der Waals surface area contributed by atoms with Crippen LogP contribution in [0.5, 0.6) is 0 Å². The number of aliphatic hydroxyl groups is 1. The number of hydrogen-bond donors (Lipinski definition) is 1. The van der Waals surface area contributed by atoms with E-state index in [-0.39, 0.29) is 22.9 Å². The van der Waals surface area contributed by atoms with Crippen LogP contribution in [0.4, 0.5) is 0 Å². The van der Waals surface area contributed by atoms with Gasteiger partial charge in [-0.3, -0.25) is 9.59 Å². The second-order valence-electron chi connectivity index (χ2n) is 5.67. The smallest absolute Gasteiger partial charge is 0.201 e. The highest BCUT2D eigenvalue weighted by molar-refractivity contribution is 6.34. The van der Waals surface area contributed by atoms with Gasteiger partial charge in [0.15, 0.2) is 5.78 Å². The molecule has 0 bridgehead atoms. The highest BCUT2D eigenvalue weighted by atomic mass is 16.3. The number of piperidine rings is 1. The number of carbonyl (C=O) groups is 2. The number of ketones is 2. The normalized spacial score (nSPS) is 19.0. The third kappa shape index (κ3) is 2.63. The van der Waals surface area contributed by atoms with Crippen molar-refractivity contribution in [2.24, 2.45) is 0 Å². The van der Waals surface area contributed by atoms with Crippen LogP contribution in [0.2, 0.25) is 0 Å². The van der Waals surface area contributed by atoms with Gasteiger partial charge in [-0.15, -0.1) is 0 Å². The Kier molecular flexibility index (Phi) is 3.88. The molecular formula is C17H19NO3. The van der Waals surface area contributed by atoms with E-state index in [0.717, 1.165) is 13.1 Å². The summed E-state index contributed by atoms with van der Waals surface area (Å²) in [6.07, 6.45) is 3.89. The van der Waals surface area contributed by atoms with E-state index in [1.165, 1.54) is 19.3 Å². The van der Waals surface area contributed by atoms with Crippen molar-refractivity contribution >= 4 is 17.3 Å². The van der Waals surface area contributed by atoms with Gasteiger partial charge in [0.1, 0.15) is 11.3 Å². The molecule has 1 aromatic rings. The lowest BCUT2D eigenvalue weighted by atomic mass is 10.0. The zero-order chi connectivity index (χ0) is 14.8. The van der Waals surface area contributed by atoms with Crippen molar-refractivity contribution in [1.82, 2.24) is 4.90 Å². The van der Waals surface area contributed by atoms with Gasteiger partial charge in [0.2, 0.25) is 5.78 Å². The molecule has 2 aliphatic rings. The second kappa shape index (κ2) is 5.82. The molecule has 3 rings (SSSR count). The second-order valence-corrected chi connectivity index (χ2v) is 5.67. The van der Waals surface area contributed by atoms with Crippen LogP contribution >= 0.6 is 0 Å². The van der Waals surface area contributed by atoms with E-state index in [4.69, 9.17) is 0 Å². The zero-order valence-electron chi connectivity index (χ0n) is 12.0. The summed E-state index contributed by atoms with van der Waals surface area (Å²) in [7, 11) is 0. The summed E-state index contributed by atoms with van der Waals surface area (Å²) >= 11 is 0. The number of hydrogen-bond acceptors (Lipinski definition) is 4. The van der Waals surface area contributed by atoms with Crippen LogP contribution in [0.1, 0.15) is 41.6 Å². The molecule has 4 heteroatoms. The minimum absolute atomic E-state index is 0.0341. The Morgan fingerprint density at radius 3 is 2.43 bits per heavy atom. The minimum Gasteiger partial charge on any atom is -0.506 e. The van der Waals surface area contributed by atoms with Crippen LogP contribution in [0.3, 0.4) is 0 Å². The predicted octanol–water partition coefficient (Wildman–Crippen LogP) is 2.60. The minimum atomic E-state index is -0.341.